The number of carbonyl (C=O) groups is 2. The third-order valence-electron chi connectivity index (χ3n) is 11.0. The van der Waals surface area contributed by atoms with E-state index < -0.39 is 5.97 Å². The van der Waals surface area contributed by atoms with E-state index in [4.69, 9.17) is 16.3 Å². The van der Waals surface area contributed by atoms with Crippen LogP contribution in [0.2, 0.25) is 5.02 Å². The van der Waals surface area contributed by atoms with Crippen molar-refractivity contribution in [2.24, 2.45) is 0 Å². The largest absolute Gasteiger partial charge is 0.494 e. The molecular formula is C45H43ClN6O4. The SMILES string of the molecule is Cc1cc(OCCCc2c3n(c4c(-c5c(C)ncnc5C)c(C)ccc24)[C@H](C)CN(c2cccc4cc(C(=O)O)n(Cc5ccccn5)c24)C3=O)cc(C)c1Cl. The number of halogens is 1. The van der Waals surface area contributed by atoms with Crippen LogP contribution >= 0.6 is 11.6 Å². The maximum atomic E-state index is 15.3. The lowest BCUT2D eigenvalue weighted by Gasteiger charge is -2.35. The first-order valence-corrected chi connectivity index (χ1v) is 19.2. The Labute approximate surface area is 330 Å². The van der Waals surface area contributed by atoms with E-state index in [9.17, 15) is 9.90 Å². The van der Waals surface area contributed by atoms with Crippen LogP contribution in [0.1, 0.15) is 79.7 Å². The van der Waals surface area contributed by atoms with Gasteiger partial charge in [0.25, 0.3) is 5.91 Å². The topological polar surface area (TPSA) is 115 Å². The summed E-state index contributed by atoms with van der Waals surface area (Å²) in [6, 6.07) is 21.0. The van der Waals surface area contributed by atoms with Crippen LogP contribution in [0.25, 0.3) is 32.9 Å². The molecule has 1 atom stereocenters. The number of aryl methyl sites for hydroxylation is 6. The summed E-state index contributed by atoms with van der Waals surface area (Å²) in [6.07, 6.45) is 4.54. The summed E-state index contributed by atoms with van der Waals surface area (Å²) in [6.45, 7) is 13.2. The van der Waals surface area contributed by atoms with Crippen molar-refractivity contribution in [2.75, 3.05) is 18.1 Å². The highest BCUT2D eigenvalue weighted by Gasteiger charge is 2.37. The van der Waals surface area contributed by atoms with Crippen molar-refractivity contribution in [2.45, 2.75) is 67.0 Å². The highest BCUT2D eigenvalue weighted by molar-refractivity contribution is 6.32. The van der Waals surface area contributed by atoms with Gasteiger partial charge in [0.05, 0.1) is 35.6 Å². The summed E-state index contributed by atoms with van der Waals surface area (Å²) in [5.41, 5.74) is 11.5. The third kappa shape index (κ3) is 6.27. The van der Waals surface area contributed by atoms with Crippen LogP contribution in [0.3, 0.4) is 0 Å². The minimum atomic E-state index is -1.05. The summed E-state index contributed by atoms with van der Waals surface area (Å²) in [7, 11) is 0. The molecule has 0 bridgehead atoms. The Hall–Kier alpha value is -6.00. The number of anilines is 1. The second-order valence-electron chi connectivity index (χ2n) is 14.8. The smallest absolute Gasteiger partial charge is 0.352 e. The summed E-state index contributed by atoms with van der Waals surface area (Å²) in [4.78, 5) is 43.5. The average Bonchev–Trinajstić information content (AvgIpc) is 3.71. The van der Waals surface area contributed by atoms with Gasteiger partial charge in [-0.25, -0.2) is 14.8 Å². The van der Waals surface area contributed by atoms with Gasteiger partial charge in [-0.05, 0) is 113 Å². The molecule has 4 aromatic heterocycles. The van der Waals surface area contributed by atoms with Crippen LogP contribution in [0, 0.1) is 34.6 Å². The van der Waals surface area contributed by atoms with Crippen molar-refractivity contribution in [3.63, 3.8) is 0 Å². The number of nitrogens with zero attached hydrogens (tertiary/aromatic N) is 6. The lowest BCUT2D eigenvalue weighted by atomic mass is 9.94. The van der Waals surface area contributed by atoms with Crippen molar-refractivity contribution < 1.29 is 19.4 Å². The number of pyridine rings is 1. The summed E-state index contributed by atoms with van der Waals surface area (Å²) in [5.74, 6) is -0.427. The molecular weight excluding hydrogens is 724 g/mol. The number of amides is 1. The van der Waals surface area contributed by atoms with E-state index in [1.54, 1.807) is 23.2 Å². The Kier molecular flexibility index (Phi) is 9.62. The number of carbonyl (C=O) groups excluding carboxylic acids is 1. The van der Waals surface area contributed by atoms with Crippen LogP contribution < -0.4 is 9.64 Å². The van der Waals surface area contributed by atoms with Gasteiger partial charge in [-0.3, -0.25) is 9.78 Å². The van der Waals surface area contributed by atoms with Gasteiger partial charge in [0, 0.05) is 57.1 Å². The number of carboxylic acids is 1. The number of carboxylic acid groups (broad SMARTS) is 1. The van der Waals surface area contributed by atoms with Crippen LogP contribution in [-0.4, -0.2) is 54.2 Å². The van der Waals surface area contributed by atoms with Crippen molar-refractivity contribution in [1.82, 2.24) is 24.1 Å². The monoisotopic (exact) mass is 766 g/mol. The number of hydrogen-bond acceptors (Lipinski definition) is 6. The molecule has 1 aliphatic heterocycles. The molecule has 5 heterocycles. The molecule has 1 N–H and O–H groups in total. The first kappa shape index (κ1) is 36.9. The van der Waals surface area contributed by atoms with Crippen molar-refractivity contribution in [3.8, 4) is 16.9 Å². The molecule has 0 saturated carbocycles. The van der Waals surface area contributed by atoms with Crippen molar-refractivity contribution >= 4 is 51.0 Å². The zero-order chi connectivity index (χ0) is 39.4. The molecule has 10 nitrogen and oxygen atoms in total. The average molecular weight is 767 g/mol. The number of benzene rings is 3. The van der Waals surface area contributed by atoms with Crippen LogP contribution in [-0.2, 0) is 13.0 Å². The highest BCUT2D eigenvalue weighted by Crippen LogP contribution is 2.44. The van der Waals surface area contributed by atoms with Gasteiger partial charge in [-0.2, -0.15) is 0 Å². The van der Waals surface area contributed by atoms with Gasteiger partial charge in [0.2, 0.25) is 0 Å². The molecule has 0 radical (unpaired) electrons. The molecule has 0 aliphatic carbocycles. The Bertz CT molecular complexity index is 2660. The number of aromatic carboxylic acids is 1. The molecule has 284 valence electrons. The van der Waals surface area contributed by atoms with E-state index in [2.05, 4.69) is 45.5 Å². The van der Waals surface area contributed by atoms with Gasteiger partial charge in [0.15, 0.2) is 0 Å². The summed E-state index contributed by atoms with van der Waals surface area (Å²) < 4.78 is 10.2. The zero-order valence-corrected chi connectivity index (χ0v) is 33.1. The van der Waals surface area contributed by atoms with Crippen LogP contribution in [0.5, 0.6) is 5.75 Å². The molecule has 0 unspecified atom stereocenters. The highest BCUT2D eigenvalue weighted by atomic mass is 35.5. The minimum Gasteiger partial charge on any atom is -0.494 e. The third-order valence-corrected chi connectivity index (χ3v) is 11.6. The van der Waals surface area contributed by atoms with Gasteiger partial charge in [-0.1, -0.05) is 41.9 Å². The number of para-hydroxylation sites is 1. The van der Waals surface area contributed by atoms with Crippen LogP contribution in [0.15, 0.2) is 79.3 Å². The van der Waals surface area contributed by atoms with Crippen molar-refractivity contribution in [1.29, 1.82) is 0 Å². The molecule has 1 amide bonds. The van der Waals surface area contributed by atoms with E-state index in [1.165, 1.54) is 0 Å². The fraction of sp³-hybridized carbons (Fsp3) is 0.267. The molecule has 7 aromatic rings. The van der Waals surface area contributed by atoms with E-state index in [0.29, 0.717) is 48.6 Å². The molecule has 8 rings (SSSR count). The van der Waals surface area contributed by atoms with E-state index in [0.717, 1.165) is 71.8 Å². The number of rotatable bonds is 10. The second-order valence-corrected chi connectivity index (χ2v) is 15.2. The molecule has 3 aromatic carbocycles. The lowest BCUT2D eigenvalue weighted by molar-refractivity contribution is 0.0686. The predicted octanol–water partition coefficient (Wildman–Crippen LogP) is 9.62. The Morgan fingerprint density at radius 2 is 1.64 bits per heavy atom. The Morgan fingerprint density at radius 1 is 0.893 bits per heavy atom. The first-order valence-electron chi connectivity index (χ1n) is 18.9. The maximum Gasteiger partial charge on any atom is 0.352 e. The van der Waals surface area contributed by atoms with E-state index >= 15 is 4.79 Å². The van der Waals surface area contributed by atoms with Gasteiger partial charge in [0.1, 0.15) is 23.5 Å². The molecule has 0 saturated heterocycles. The minimum absolute atomic E-state index is 0.132. The number of aromatic nitrogens is 5. The zero-order valence-electron chi connectivity index (χ0n) is 32.4. The fourth-order valence-corrected chi connectivity index (χ4v) is 8.59. The maximum absolute atomic E-state index is 15.3. The molecule has 0 spiro atoms. The van der Waals surface area contributed by atoms with E-state index in [-0.39, 0.29) is 24.2 Å². The van der Waals surface area contributed by atoms with E-state index in [1.807, 2.05) is 81.1 Å². The predicted molar refractivity (Wildman–Crippen MR) is 221 cm³/mol. The first-order chi connectivity index (χ1) is 26.9. The summed E-state index contributed by atoms with van der Waals surface area (Å²) >= 11 is 6.43. The Balaban J connectivity index is 1.28. The fourth-order valence-electron chi connectivity index (χ4n) is 8.48. The normalized spacial score (nSPS) is 14.2. The quantitative estimate of drug-likeness (QED) is 0.138. The molecule has 1 aliphatic rings. The summed E-state index contributed by atoms with van der Waals surface area (Å²) in [5, 5.41) is 12.8. The lowest BCUT2D eigenvalue weighted by Crippen LogP contribution is -2.43. The number of ether oxygens (including phenoxy) is 1. The second kappa shape index (κ2) is 14.6. The Morgan fingerprint density at radius 3 is 2.34 bits per heavy atom. The number of hydrogen-bond donors (Lipinski definition) is 1. The van der Waals surface area contributed by atoms with Gasteiger partial charge >= 0.3 is 5.97 Å². The standard InChI is InChI=1S/C45H43ClN6O4/c1-25-15-16-35-34(13-10-18-56-33-19-26(2)40(46)27(3)20-33)43-44(53)51(22-28(4)52(43)42(35)38(25)39-29(5)48-24-49-30(39)6)36-14-9-11-31-21-37(45(54)55)50(41(31)36)23-32-12-7-8-17-47-32/h7-9,11-12,14-17,19-21,24,28H,10,13,18,22-23H2,1-6H3,(H,54,55)/t28-/m1/s1. The number of fused-ring (bicyclic) bond motifs is 4. The van der Waals surface area contributed by atoms with Crippen molar-refractivity contribution in [3.05, 3.63) is 135 Å². The van der Waals surface area contributed by atoms with Crippen LogP contribution in [0.4, 0.5) is 5.69 Å². The van der Waals surface area contributed by atoms with Gasteiger partial charge < -0.3 is 23.9 Å². The van der Waals surface area contributed by atoms with Gasteiger partial charge in [-0.15, -0.1) is 0 Å². The molecule has 11 heteroatoms. The molecule has 0 fully saturated rings. The molecule has 56 heavy (non-hydrogen) atoms.